The number of rotatable bonds is 3. The SMILES string of the molecule is CCC1=C(Cc2ccc(C)cc2C)C(C)=C(C)CC1. The van der Waals surface area contributed by atoms with E-state index in [2.05, 4.69) is 52.8 Å². The maximum Gasteiger partial charge on any atom is -0.00210 e. The van der Waals surface area contributed by atoms with Gasteiger partial charge in [-0.25, -0.2) is 0 Å². The van der Waals surface area contributed by atoms with Crippen molar-refractivity contribution in [1.82, 2.24) is 0 Å². The molecular formula is C19H26. The summed E-state index contributed by atoms with van der Waals surface area (Å²) in [4.78, 5) is 0. The number of hydrogen-bond donors (Lipinski definition) is 0. The molecule has 0 nitrogen and oxygen atoms in total. The van der Waals surface area contributed by atoms with E-state index in [1.54, 1.807) is 22.3 Å². The number of allylic oxidation sites excluding steroid dienone is 4. The van der Waals surface area contributed by atoms with Crippen LogP contribution in [0.5, 0.6) is 0 Å². The summed E-state index contributed by atoms with van der Waals surface area (Å²) in [6.07, 6.45) is 4.83. The molecule has 0 heteroatoms. The van der Waals surface area contributed by atoms with Crippen LogP contribution >= 0.6 is 0 Å². The van der Waals surface area contributed by atoms with Crippen LogP contribution in [-0.4, -0.2) is 0 Å². The molecule has 1 aromatic carbocycles. The summed E-state index contributed by atoms with van der Waals surface area (Å²) in [6.45, 7) is 11.3. The van der Waals surface area contributed by atoms with Gasteiger partial charge < -0.3 is 0 Å². The van der Waals surface area contributed by atoms with Crippen LogP contribution in [0.1, 0.15) is 56.7 Å². The summed E-state index contributed by atoms with van der Waals surface area (Å²) in [5, 5.41) is 0. The van der Waals surface area contributed by atoms with Crippen molar-refractivity contribution in [3.63, 3.8) is 0 Å². The fraction of sp³-hybridized carbons (Fsp3) is 0.474. The highest BCUT2D eigenvalue weighted by Crippen LogP contribution is 2.34. The fourth-order valence-corrected chi connectivity index (χ4v) is 3.08. The van der Waals surface area contributed by atoms with Crippen LogP contribution in [0.4, 0.5) is 0 Å². The molecule has 0 fully saturated rings. The Kier molecular flexibility index (Phi) is 4.29. The number of hydrogen-bond acceptors (Lipinski definition) is 0. The monoisotopic (exact) mass is 254 g/mol. The van der Waals surface area contributed by atoms with E-state index in [9.17, 15) is 0 Å². The molecule has 0 radical (unpaired) electrons. The van der Waals surface area contributed by atoms with E-state index < -0.39 is 0 Å². The van der Waals surface area contributed by atoms with E-state index in [0.717, 1.165) is 6.42 Å². The Morgan fingerprint density at radius 1 is 1.00 bits per heavy atom. The van der Waals surface area contributed by atoms with Gasteiger partial charge in [-0.15, -0.1) is 0 Å². The van der Waals surface area contributed by atoms with Gasteiger partial charge in [-0.2, -0.15) is 0 Å². The molecular weight excluding hydrogens is 228 g/mol. The quantitative estimate of drug-likeness (QED) is 0.650. The first-order valence-corrected chi connectivity index (χ1v) is 7.46. The van der Waals surface area contributed by atoms with E-state index in [4.69, 9.17) is 0 Å². The van der Waals surface area contributed by atoms with Gasteiger partial charge in [0.1, 0.15) is 0 Å². The lowest BCUT2D eigenvalue weighted by Gasteiger charge is -2.23. The van der Waals surface area contributed by atoms with Gasteiger partial charge in [0.25, 0.3) is 0 Å². The van der Waals surface area contributed by atoms with Crippen molar-refractivity contribution >= 4 is 0 Å². The molecule has 0 bridgehead atoms. The molecule has 1 aliphatic carbocycles. The van der Waals surface area contributed by atoms with Gasteiger partial charge in [0.15, 0.2) is 0 Å². The van der Waals surface area contributed by atoms with Crippen molar-refractivity contribution in [2.45, 2.75) is 60.3 Å². The maximum atomic E-state index is 2.31. The first-order chi connectivity index (χ1) is 9.02. The number of benzene rings is 1. The second-order valence-corrected chi connectivity index (χ2v) is 5.95. The van der Waals surface area contributed by atoms with Crippen LogP contribution < -0.4 is 0 Å². The van der Waals surface area contributed by atoms with E-state index >= 15 is 0 Å². The van der Waals surface area contributed by atoms with Gasteiger partial charge in [0, 0.05) is 0 Å². The van der Waals surface area contributed by atoms with Crippen LogP contribution in [0.25, 0.3) is 0 Å². The van der Waals surface area contributed by atoms with Crippen LogP contribution in [0, 0.1) is 13.8 Å². The first kappa shape index (κ1) is 14.1. The molecule has 0 saturated carbocycles. The van der Waals surface area contributed by atoms with Gasteiger partial charge >= 0.3 is 0 Å². The predicted molar refractivity (Wildman–Crippen MR) is 84.5 cm³/mol. The molecule has 2 rings (SSSR count). The summed E-state index contributed by atoms with van der Waals surface area (Å²) in [5.74, 6) is 0. The summed E-state index contributed by atoms with van der Waals surface area (Å²) >= 11 is 0. The Hall–Kier alpha value is -1.30. The van der Waals surface area contributed by atoms with Crippen molar-refractivity contribution < 1.29 is 0 Å². The van der Waals surface area contributed by atoms with Crippen molar-refractivity contribution in [2.24, 2.45) is 0 Å². The van der Waals surface area contributed by atoms with Gasteiger partial charge in [-0.05, 0) is 75.7 Å². The second-order valence-electron chi connectivity index (χ2n) is 5.95. The summed E-state index contributed by atoms with van der Waals surface area (Å²) < 4.78 is 0. The minimum Gasteiger partial charge on any atom is -0.0698 e. The van der Waals surface area contributed by atoms with Crippen molar-refractivity contribution in [3.8, 4) is 0 Å². The van der Waals surface area contributed by atoms with E-state index in [1.165, 1.54) is 36.0 Å². The topological polar surface area (TPSA) is 0 Å². The standard InChI is InChI=1S/C19H26/c1-6-17-10-8-14(3)16(5)19(17)12-18-9-7-13(2)11-15(18)4/h7,9,11H,6,8,10,12H2,1-5H3. The second kappa shape index (κ2) is 5.77. The lowest BCUT2D eigenvalue weighted by Crippen LogP contribution is -2.06. The molecule has 0 spiro atoms. The van der Waals surface area contributed by atoms with E-state index in [1.807, 2.05) is 0 Å². The lowest BCUT2D eigenvalue weighted by atomic mass is 9.82. The summed E-state index contributed by atoms with van der Waals surface area (Å²) in [6, 6.07) is 6.85. The third-order valence-corrected chi connectivity index (χ3v) is 4.61. The highest BCUT2D eigenvalue weighted by atomic mass is 14.2. The molecule has 0 amide bonds. The zero-order valence-electron chi connectivity index (χ0n) is 13.1. The largest absolute Gasteiger partial charge is 0.0698 e. The third-order valence-electron chi connectivity index (χ3n) is 4.61. The molecule has 19 heavy (non-hydrogen) atoms. The predicted octanol–water partition coefficient (Wildman–Crippen LogP) is 5.68. The van der Waals surface area contributed by atoms with Gasteiger partial charge in [-0.1, -0.05) is 41.8 Å². The smallest absolute Gasteiger partial charge is 0.00210 e. The highest BCUT2D eigenvalue weighted by Gasteiger charge is 2.16. The van der Waals surface area contributed by atoms with Crippen molar-refractivity contribution in [1.29, 1.82) is 0 Å². The Balaban J connectivity index is 2.37. The van der Waals surface area contributed by atoms with Crippen LogP contribution in [0.3, 0.4) is 0 Å². The van der Waals surface area contributed by atoms with Gasteiger partial charge in [0.2, 0.25) is 0 Å². The van der Waals surface area contributed by atoms with Crippen molar-refractivity contribution in [3.05, 3.63) is 57.2 Å². The van der Waals surface area contributed by atoms with Crippen LogP contribution in [0.2, 0.25) is 0 Å². The lowest BCUT2D eigenvalue weighted by molar-refractivity contribution is 0.806. The van der Waals surface area contributed by atoms with Gasteiger partial charge in [0.05, 0.1) is 0 Å². The Labute approximate surface area is 118 Å². The summed E-state index contributed by atoms with van der Waals surface area (Å²) in [5.41, 5.74) is 10.7. The zero-order valence-corrected chi connectivity index (χ0v) is 13.1. The average molecular weight is 254 g/mol. The van der Waals surface area contributed by atoms with E-state index in [-0.39, 0.29) is 0 Å². The Morgan fingerprint density at radius 3 is 2.37 bits per heavy atom. The molecule has 0 aromatic heterocycles. The molecule has 0 heterocycles. The molecule has 0 aliphatic heterocycles. The van der Waals surface area contributed by atoms with Crippen LogP contribution in [-0.2, 0) is 6.42 Å². The summed E-state index contributed by atoms with van der Waals surface area (Å²) in [7, 11) is 0. The highest BCUT2D eigenvalue weighted by molar-refractivity contribution is 5.45. The fourth-order valence-electron chi connectivity index (χ4n) is 3.08. The Morgan fingerprint density at radius 2 is 1.74 bits per heavy atom. The Bertz CT molecular complexity index is 541. The minimum atomic E-state index is 1.11. The molecule has 1 aromatic rings. The molecule has 102 valence electrons. The maximum absolute atomic E-state index is 2.31. The minimum absolute atomic E-state index is 1.11. The molecule has 0 N–H and O–H groups in total. The third kappa shape index (κ3) is 3.00. The first-order valence-electron chi connectivity index (χ1n) is 7.46. The molecule has 0 unspecified atom stereocenters. The number of aryl methyl sites for hydroxylation is 2. The normalized spacial score (nSPS) is 16.3. The molecule has 0 atom stereocenters. The molecule has 1 aliphatic rings. The zero-order chi connectivity index (χ0) is 14.0. The molecule has 0 saturated heterocycles. The van der Waals surface area contributed by atoms with Crippen LogP contribution in [0.15, 0.2) is 40.5 Å². The van der Waals surface area contributed by atoms with E-state index in [0.29, 0.717) is 0 Å². The van der Waals surface area contributed by atoms with Crippen molar-refractivity contribution in [2.75, 3.05) is 0 Å². The van der Waals surface area contributed by atoms with Gasteiger partial charge in [-0.3, -0.25) is 0 Å². The average Bonchev–Trinajstić information content (AvgIpc) is 2.38.